The van der Waals surface area contributed by atoms with Gasteiger partial charge >= 0.3 is 0 Å². The van der Waals surface area contributed by atoms with Gasteiger partial charge < -0.3 is 14.6 Å². The fraction of sp³-hybridized carbons (Fsp3) is 0.161. The molecule has 0 radical (unpaired) electrons. The number of aliphatic hydroxyl groups excluding tert-OH is 1. The number of halogens is 3. The second kappa shape index (κ2) is 11.8. The monoisotopic (exact) mass is 504 g/mol. The van der Waals surface area contributed by atoms with Crippen molar-refractivity contribution in [2.75, 3.05) is 6.61 Å². The van der Waals surface area contributed by atoms with E-state index in [9.17, 15) is 18.3 Å². The first-order valence-corrected chi connectivity index (χ1v) is 11.9. The number of ether oxygens (including phenoxy) is 2. The van der Waals surface area contributed by atoms with Gasteiger partial charge in [-0.15, -0.1) is 6.58 Å². The van der Waals surface area contributed by atoms with Gasteiger partial charge in [0.05, 0.1) is 12.7 Å². The number of hydrogen-bond acceptors (Lipinski definition) is 3. The Hall–Kier alpha value is -4.03. The van der Waals surface area contributed by atoms with E-state index in [4.69, 9.17) is 9.47 Å². The van der Waals surface area contributed by atoms with Crippen molar-refractivity contribution in [1.29, 1.82) is 0 Å². The van der Waals surface area contributed by atoms with Gasteiger partial charge in [-0.05, 0) is 59.9 Å². The third-order valence-electron chi connectivity index (χ3n) is 5.93. The van der Waals surface area contributed by atoms with Crippen molar-refractivity contribution in [3.8, 4) is 33.8 Å². The first-order valence-electron chi connectivity index (χ1n) is 11.9. The zero-order valence-corrected chi connectivity index (χ0v) is 20.4. The molecule has 6 heteroatoms. The Balaban J connectivity index is 1.43. The molecule has 0 saturated carbocycles. The molecule has 0 aliphatic heterocycles. The molecule has 0 saturated heterocycles. The average Bonchev–Trinajstić information content (AvgIpc) is 2.91. The summed E-state index contributed by atoms with van der Waals surface area (Å²) in [4.78, 5) is 0. The Kier molecular flexibility index (Phi) is 8.31. The summed E-state index contributed by atoms with van der Waals surface area (Å²) in [7, 11) is 0. The second-order valence-corrected chi connectivity index (χ2v) is 8.59. The fourth-order valence-corrected chi connectivity index (χ4v) is 3.84. The maximum atomic E-state index is 15.0. The van der Waals surface area contributed by atoms with E-state index >= 15 is 0 Å². The summed E-state index contributed by atoms with van der Waals surface area (Å²) in [6, 6.07) is 21.0. The van der Waals surface area contributed by atoms with Crippen molar-refractivity contribution >= 4 is 0 Å². The molecular weight excluding hydrogens is 477 g/mol. The molecule has 0 bridgehead atoms. The van der Waals surface area contributed by atoms with Crippen LogP contribution in [0.2, 0.25) is 0 Å². The molecule has 4 aromatic rings. The zero-order chi connectivity index (χ0) is 26.4. The molecule has 1 atom stereocenters. The quantitative estimate of drug-likeness (QED) is 0.176. The van der Waals surface area contributed by atoms with Gasteiger partial charge in [-0.25, -0.2) is 13.2 Å². The van der Waals surface area contributed by atoms with Crippen molar-refractivity contribution in [3.63, 3.8) is 0 Å². The first kappa shape index (κ1) is 26.0. The fourth-order valence-electron chi connectivity index (χ4n) is 3.84. The molecule has 0 aromatic heterocycles. The van der Waals surface area contributed by atoms with Crippen LogP contribution in [-0.4, -0.2) is 11.7 Å². The van der Waals surface area contributed by atoms with Gasteiger partial charge in [-0.1, -0.05) is 60.7 Å². The van der Waals surface area contributed by atoms with Gasteiger partial charge in [0.25, 0.3) is 0 Å². The first-order chi connectivity index (χ1) is 17.9. The highest BCUT2D eigenvalue weighted by molar-refractivity contribution is 5.72. The van der Waals surface area contributed by atoms with Gasteiger partial charge in [0.15, 0.2) is 23.2 Å². The van der Waals surface area contributed by atoms with Crippen LogP contribution in [-0.2, 0) is 6.61 Å². The molecule has 0 aliphatic carbocycles. The Labute approximate surface area is 214 Å². The number of benzene rings is 4. The summed E-state index contributed by atoms with van der Waals surface area (Å²) in [5, 5.41) is 9.65. The van der Waals surface area contributed by atoms with Crippen molar-refractivity contribution in [3.05, 3.63) is 120 Å². The predicted octanol–water partition coefficient (Wildman–Crippen LogP) is 8.03. The summed E-state index contributed by atoms with van der Waals surface area (Å²) in [5.74, 6) is -1.68. The molecular formula is C31H27F3O3. The summed E-state index contributed by atoms with van der Waals surface area (Å²) < 4.78 is 55.2. The molecule has 0 fully saturated rings. The lowest BCUT2D eigenvalue weighted by Gasteiger charge is -2.12. The topological polar surface area (TPSA) is 38.7 Å². The van der Waals surface area contributed by atoms with Crippen molar-refractivity contribution in [2.24, 2.45) is 0 Å². The highest BCUT2D eigenvalue weighted by Crippen LogP contribution is 2.33. The molecule has 0 amide bonds. The molecule has 0 spiro atoms. The maximum Gasteiger partial charge on any atom is 0.167 e. The van der Waals surface area contributed by atoms with Gasteiger partial charge in [0.1, 0.15) is 12.4 Å². The second-order valence-electron chi connectivity index (χ2n) is 8.59. The SMILES string of the molecule is C=CCCOc1ccc(COc2ccc(-c3ccc(-c4ccc(C(C)O)cc4)c(F)c3F)cc2)cc1F. The van der Waals surface area contributed by atoms with E-state index in [0.717, 1.165) is 0 Å². The minimum Gasteiger partial charge on any atom is -0.490 e. The minimum absolute atomic E-state index is 0.127. The third kappa shape index (κ3) is 6.22. The van der Waals surface area contributed by atoms with E-state index in [1.807, 2.05) is 0 Å². The third-order valence-corrected chi connectivity index (χ3v) is 5.93. The van der Waals surface area contributed by atoms with Crippen molar-refractivity contribution in [1.82, 2.24) is 0 Å². The standard InChI is InChI=1S/C31H27F3O3/c1-3-4-17-36-29-16-5-21(18-28(29)32)19-37-25-12-10-24(11-13-25)27-15-14-26(30(33)31(27)34)23-8-6-22(7-9-23)20(2)35/h3,5-16,18,20,35H,1,4,17,19H2,2H3. The molecule has 4 aromatic carbocycles. The Morgan fingerprint density at radius 2 is 1.41 bits per heavy atom. The Bertz CT molecular complexity index is 1360. The predicted molar refractivity (Wildman–Crippen MR) is 139 cm³/mol. The summed E-state index contributed by atoms with van der Waals surface area (Å²) in [5.41, 5.74) is 2.60. The summed E-state index contributed by atoms with van der Waals surface area (Å²) >= 11 is 0. The van der Waals surface area contributed by atoms with Gasteiger partial charge in [-0.2, -0.15) is 0 Å². The lowest BCUT2D eigenvalue weighted by molar-refractivity contribution is 0.199. The van der Waals surface area contributed by atoms with E-state index < -0.39 is 23.6 Å². The van der Waals surface area contributed by atoms with Gasteiger partial charge in [0.2, 0.25) is 0 Å². The van der Waals surface area contributed by atoms with Crippen LogP contribution in [0.4, 0.5) is 13.2 Å². The molecule has 1 N–H and O–H groups in total. The molecule has 0 heterocycles. The van der Waals surface area contributed by atoms with Crippen molar-refractivity contribution in [2.45, 2.75) is 26.1 Å². The highest BCUT2D eigenvalue weighted by atomic mass is 19.2. The molecule has 3 nitrogen and oxygen atoms in total. The molecule has 37 heavy (non-hydrogen) atoms. The Morgan fingerprint density at radius 1 is 0.811 bits per heavy atom. The van der Waals surface area contributed by atoms with Crippen LogP contribution in [0.15, 0.2) is 91.5 Å². The lowest BCUT2D eigenvalue weighted by atomic mass is 9.97. The smallest absolute Gasteiger partial charge is 0.167 e. The van der Waals surface area contributed by atoms with Crippen LogP contribution in [0.25, 0.3) is 22.3 Å². The summed E-state index contributed by atoms with van der Waals surface area (Å²) in [6.07, 6.45) is 1.68. The lowest BCUT2D eigenvalue weighted by Crippen LogP contribution is -2.00. The molecule has 190 valence electrons. The van der Waals surface area contributed by atoms with Crippen LogP contribution >= 0.6 is 0 Å². The van der Waals surface area contributed by atoms with Crippen LogP contribution in [0, 0.1) is 17.5 Å². The summed E-state index contributed by atoms with van der Waals surface area (Å²) in [6.45, 7) is 5.73. The average molecular weight is 505 g/mol. The number of aliphatic hydroxyl groups is 1. The van der Waals surface area contributed by atoms with Gasteiger partial charge in [0, 0.05) is 11.1 Å². The van der Waals surface area contributed by atoms with Crippen molar-refractivity contribution < 1.29 is 27.8 Å². The van der Waals surface area contributed by atoms with E-state index in [0.29, 0.717) is 41.0 Å². The Morgan fingerprint density at radius 3 is 1.95 bits per heavy atom. The van der Waals surface area contributed by atoms with Crippen LogP contribution in [0.3, 0.4) is 0 Å². The molecule has 1 unspecified atom stereocenters. The zero-order valence-electron chi connectivity index (χ0n) is 20.4. The highest BCUT2D eigenvalue weighted by Gasteiger charge is 2.16. The normalized spacial score (nSPS) is 11.7. The minimum atomic E-state index is -0.948. The maximum absolute atomic E-state index is 15.0. The largest absolute Gasteiger partial charge is 0.490 e. The number of hydrogen-bond donors (Lipinski definition) is 1. The van der Waals surface area contributed by atoms with E-state index in [1.54, 1.807) is 73.7 Å². The van der Waals surface area contributed by atoms with E-state index in [-0.39, 0.29) is 23.5 Å². The molecule has 0 aliphatic rings. The molecule has 4 rings (SSSR count). The van der Waals surface area contributed by atoms with E-state index in [2.05, 4.69) is 6.58 Å². The van der Waals surface area contributed by atoms with E-state index in [1.165, 1.54) is 18.2 Å². The van der Waals surface area contributed by atoms with Crippen LogP contribution in [0.5, 0.6) is 11.5 Å². The van der Waals surface area contributed by atoms with Gasteiger partial charge in [-0.3, -0.25) is 0 Å². The van der Waals surface area contributed by atoms with Crippen LogP contribution in [0.1, 0.15) is 30.6 Å². The number of rotatable bonds is 10. The van der Waals surface area contributed by atoms with Crippen LogP contribution < -0.4 is 9.47 Å².